The van der Waals surface area contributed by atoms with E-state index in [2.05, 4.69) is 15.0 Å². The standard InChI is InChI=1S/C21H20F3N3O2S/c22-21(23,24)18-8-6-16(7-9-18)3-2-11-25-13-14-27-30(28,29)20-5-1-4-17-15-26-12-10-19(17)20/h1-10,12,15,25,27H,11,13-14H2/b3-2+. The molecule has 3 rings (SSSR count). The Kier molecular flexibility index (Phi) is 6.86. The molecule has 158 valence electrons. The van der Waals surface area contributed by atoms with Crippen molar-refractivity contribution in [2.75, 3.05) is 19.6 Å². The van der Waals surface area contributed by atoms with Crippen LogP contribution in [-0.4, -0.2) is 33.0 Å². The Morgan fingerprint density at radius 3 is 2.50 bits per heavy atom. The third-order valence-electron chi connectivity index (χ3n) is 4.33. The maximum absolute atomic E-state index is 12.6. The van der Waals surface area contributed by atoms with Gasteiger partial charge in [-0.2, -0.15) is 13.2 Å². The Morgan fingerprint density at radius 1 is 1.00 bits per heavy atom. The molecule has 30 heavy (non-hydrogen) atoms. The van der Waals surface area contributed by atoms with E-state index in [-0.39, 0.29) is 11.4 Å². The second kappa shape index (κ2) is 9.38. The molecule has 0 amide bonds. The summed E-state index contributed by atoms with van der Waals surface area (Å²) in [4.78, 5) is 4.19. The first-order valence-corrected chi connectivity index (χ1v) is 10.6. The summed E-state index contributed by atoms with van der Waals surface area (Å²) < 4.78 is 65.3. The number of nitrogens with one attached hydrogen (secondary N) is 2. The molecule has 0 bridgehead atoms. The van der Waals surface area contributed by atoms with E-state index in [0.29, 0.717) is 24.0 Å². The van der Waals surface area contributed by atoms with Gasteiger partial charge in [-0.15, -0.1) is 0 Å². The minimum Gasteiger partial charge on any atom is -0.312 e. The van der Waals surface area contributed by atoms with Crippen LogP contribution in [0.1, 0.15) is 11.1 Å². The molecular formula is C21H20F3N3O2S. The second-order valence-corrected chi connectivity index (χ2v) is 8.21. The van der Waals surface area contributed by atoms with Crippen LogP contribution in [0, 0.1) is 0 Å². The molecule has 0 fully saturated rings. The fourth-order valence-corrected chi connectivity index (χ4v) is 4.10. The molecule has 0 aliphatic carbocycles. The van der Waals surface area contributed by atoms with E-state index in [1.165, 1.54) is 12.1 Å². The number of benzene rings is 2. The van der Waals surface area contributed by atoms with Crippen LogP contribution >= 0.6 is 0 Å². The molecule has 0 aliphatic heterocycles. The molecule has 5 nitrogen and oxygen atoms in total. The smallest absolute Gasteiger partial charge is 0.312 e. The number of aromatic nitrogens is 1. The number of sulfonamides is 1. The SMILES string of the molecule is O=S(=O)(NCCNC/C=C/c1ccc(C(F)(F)F)cc1)c1cccc2cnccc12. The average molecular weight is 435 g/mol. The van der Waals surface area contributed by atoms with Gasteiger partial charge in [0, 0.05) is 42.8 Å². The molecule has 2 aromatic carbocycles. The molecule has 0 radical (unpaired) electrons. The van der Waals surface area contributed by atoms with E-state index in [1.807, 2.05) is 0 Å². The summed E-state index contributed by atoms with van der Waals surface area (Å²) in [6.45, 7) is 1.03. The molecule has 1 heterocycles. The Bertz CT molecular complexity index is 1120. The molecule has 1 aromatic heterocycles. The molecular weight excluding hydrogens is 415 g/mol. The van der Waals surface area contributed by atoms with Crippen LogP contribution in [0.2, 0.25) is 0 Å². The van der Waals surface area contributed by atoms with Crippen molar-refractivity contribution >= 4 is 26.9 Å². The Morgan fingerprint density at radius 2 is 1.77 bits per heavy atom. The zero-order valence-electron chi connectivity index (χ0n) is 15.9. The summed E-state index contributed by atoms with van der Waals surface area (Å²) in [7, 11) is -3.67. The quantitative estimate of drug-likeness (QED) is 0.528. The van der Waals surface area contributed by atoms with Crippen molar-refractivity contribution in [1.82, 2.24) is 15.0 Å². The van der Waals surface area contributed by atoms with Crippen LogP contribution in [0.5, 0.6) is 0 Å². The predicted molar refractivity (Wildman–Crippen MR) is 110 cm³/mol. The summed E-state index contributed by atoms with van der Waals surface area (Å²) in [6, 6.07) is 11.5. The fraction of sp³-hybridized carbons (Fsp3) is 0.190. The van der Waals surface area contributed by atoms with Gasteiger partial charge in [-0.05, 0) is 29.8 Å². The van der Waals surface area contributed by atoms with Crippen LogP contribution in [-0.2, 0) is 16.2 Å². The third kappa shape index (κ3) is 5.65. The molecule has 9 heteroatoms. The Balaban J connectivity index is 1.46. The lowest BCUT2D eigenvalue weighted by Gasteiger charge is -2.09. The van der Waals surface area contributed by atoms with E-state index in [4.69, 9.17) is 0 Å². The monoisotopic (exact) mass is 435 g/mol. The maximum Gasteiger partial charge on any atom is 0.416 e. The predicted octanol–water partition coefficient (Wildman–Crippen LogP) is 3.83. The van der Waals surface area contributed by atoms with E-state index >= 15 is 0 Å². The largest absolute Gasteiger partial charge is 0.416 e. The molecule has 0 unspecified atom stereocenters. The first kappa shape index (κ1) is 21.9. The van der Waals surface area contributed by atoms with Gasteiger partial charge >= 0.3 is 6.18 Å². The van der Waals surface area contributed by atoms with Gasteiger partial charge in [-0.1, -0.05) is 36.4 Å². The number of rotatable bonds is 8. The highest BCUT2D eigenvalue weighted by Gasteiger charge is 2.29. The highest BCUT2D eigenvalue weighted by atomic mass is 32.2. The number of pyridine rings is 1. The van der Waals surface area contributed by atoms with Crippen molar-refractivity contribution in [3.05, 3.63) is 78.1 Å². The minimum atomic E-state index is -4.35. The van der Waals surface area contributed by atoms with Crippen molar-refractivity contribution < 1.29 is 21.6 Å². The zero-order valence-corrected chi connectivity index (χ0v) is 16.7. The van der Waals surface area contributed by atoms with Gasteiger partial charge in [-0.25, -0.2) is 13.1 Å². The van der Waals surface area contributed by atoms with Gasteiger partial charge in [0.05, 0.1) is 10.5 Å². The number of nitrogens with zero attached hydrogens (tertiary/aromatic N) is 1. The molecule has 0 spiro atoms. The van der Waals surface area contributed by atoms with Crippen LogP contribution < -0.4 is 10.0 Å². The Hall–Kier alpha value is -2.75. The fourth-order valence-electron chi connectivity index (χ4n) is 2.84. The summed E-state index contributed by atoms with van der Waals surface area (Å²) in [5.41, 5.74) is -0.0385. The van der Waals surface area contributed by atoms with Gasteiger partial charge in [-0.3, -0.25) is 4.98 Å². The summed E-state index contributed by atoms with van der Waals surface area (Å²) >= 11 is 0. The lowest BCUT2D eigenvalue weighted by molar-refractivity contribution is -0.137. The van der Waals surface area contributed by atoms with Crippen molar-refractivity contribution in [2.45, 2.75) is 11.1 Å². The van der Waals surface area contributed by atoms with Gasteiger partial charge < -0.3 is 5.32 Å². The van der Waals surface area contributed by atoms with Gasteiger partial charge in [0.25, 0.3) is 0 Å². The van der Waals surface area contributed by atoms with Crippen LogP contribution in [0.25, 0.3) is 16.8 Å². The van der Waals surface area contributed by atoms with Crippen molar-refractivity contribution in [3.8, 4) is 0 Å². The highest BCUT2D eigenvalue weighted by molar-refractivity contribution is 7.89. The van der Waals surface area contributed by atoms with Crippen molar-refractivity contribution in [2.24, 2.45) is 0 Å². The number of fused-ring (bicyclic) bond motifs is 1. The first-order chi connectivity index (χ1) is 14.3. The van der Waals surface area contributed by atoms with Gasteiger partial charge in [0.1, 0.15) is 0 Å². The summed E-state index contributed by atoms with van der Waals surface area (Å²) in [6.07, 6.45) is 2.27. The topological polar surface area (TPSA) is 71.1 Å². The second-order valence-electron chi connectivity index (χ2n) is 6.48. The van der Waals surface area contributed by atoms with E-state index in [9.17, 15) is 21.6 Å². The van der Waals surface area contributed by atoms with E-state index in [0.717, 1.165) is 17.5 Å². The number of hydrogen-bond acceptors (Lipinski definition) is 4. The summed E-state index contributed by atoms with van der Waals surface area (Å²) in [5.74, 6) is 0. The lowest BCUT2D eigenvalue weighted by Crippen LogP contribution is -2.32. The average Bonchev–Trinajstić information content (AvgIpc) is 2.72. The van der Waals surface area contributed by atoms with Gasteiger partial charge in [0.2, 0.25) is 10.0 Å². The Labute approximate surface area is 172 Å². The number of hydrogen-bond donors (Lipinski definition) is 2. The van der Waals surface area contributed by atoms with E-state index in [1.54, 1.807) is 48.8 Å². The highest BCUT2D eigenvalue weighted by Crippen LogP contribution is 2.29. The normalized spacial score (nSPS) is 12.6. The molecule has 2 N–H and O–H groups in total. The number of halogens is 3. The van der Waals surface area contributed by atoms with Gasteiger partial charge in [0.15, 0.2) is 0 Å². The molecule has 0 aliphatic rings. The van der Waals surface area contributed by atoms with Crippen molar-refractivity contribution in [3.63, 3.8) is 0 Å². The molecule has 0 saturated carbocycles. The summed E-state index contributed by atoms with van der Waals surface area (Å²) in [5, 5.41) is 4.40. The lowest BCUT2D eigenvalue weighted by atomic mass is 10.1. The molecule has 3 aromatic rings. The minimum absolute atomic E-state index is 0.192. The zero-order chi connectivity index (χ0) is 21.6. The first-order valence-electron chi connectivity index (χ1n) is 9.14. The van der Waals surface area contributed by atoms with Crippen molar-refractivity contribution in [1.29, 1.82) is 0 Å². The van der Waals surface area contributed by atoms with Crippen LogP contribution in [0.15, 0.2) is 71.9 Å². The number of alkyl halides is 3. The van der Waals surface area contributed by atoms with Crippen LogP contribution in [0.3, 0.4) is 0 Å². The molecule has 0 atom stereocenters. The third-order valence-corrected chi connectivity index (χ3v) is 5.85. The maximum atomic E-state index is 12.6. The van der Waals surface area contributed by atoms with Crippen LogP contribution in [0.4, 0.5) is 13.2 Å². The van der Waals surface area contributed by atoms with E-state index < -0.39 is 21.8 Å². The molecule has 0 saturated heterocycles.